The molecule has 2 amide bonds. The summed E-state index contributed by atoms with van der Waals surface area (Å²) in [5, 5.41) is 6.30. The normalized spacial score (nSPS) is 10.1. The molecule has 0 unspecified atom stereocenters. The van der Waals surface area contributed by atoms with Gasteiger partial charge in [-0.05, 0) is 24.3 Å². The van der Waals surface area contributed by atoms with Crippen LogP contribution in [0, 0.1) is 0 Å². The average Bonchev–Trinajstić information content (AvgIpc) is 2.33. The number of aromatic nitrogens is 1. The fourth-order valence-corrected chi connectivity index (χ4v) is 1.96. The third kappa shape index (κ3) is 3.99. The van der Waals surface area contributed by atoms with E-state index in [-0.39, 0.29) is 10.8 Å². The number of benzene rings is 1. The van der Waals surface area contributed by atoms with E-state index in [9.17, 15) is 4.79 Å². The molecule has 0 aliphatic heterocycles. The van der Waals surface area contributed by atoms with Crippen molar-refractivity contribution in [2.75, 3.05) is 10.6 Å². The summed E-state index contributed by atoms with van der Waals surface area (Å²) in [5.41, 5.74) is 0.565. The van der Waals surface area contributed by atoms with Crippen LogP contribution in [0.1, 0.15) is 0 Å². The average molecular weight is 317 g/mol. The molecule has 0 fully saturated rings. The van der Waals surface area contributed by atoms with Crippen LogP contribution in [0.4, 0.5) is 16.3 Å². The second-order valence-corrected chi connectivity index (χ2v) is 4.85. The fraction of sp³-hybridized carbons (Fsp3) is 0. The van der Waals surface area contributed by atoms with Crippen LogP contribution < -0.4 is 10.6 Å². The minimum atomic E-state index is -0.473. The van der Waals surface area contributed by atoms with Crippen LogP contribution in [0.3, 0.4) is 0 Å². The Bertz CT molecular complexity index is 619. The van der Waals surface area contributed by atoms with Crippen LogP contribution in [0.5, 0.6) is 0 Å². The number of nitrogens with zero attached hydrogens (tertiary/aromatic N) is 1. The summed E-state index contributed by atoms with van der Waals surface area (Å²) in [6.45, 7) is 0. The van der Waals surface area contributed by atoms with Gasteiger partial charge in [-0.25, -0.2) is 9.78 Å². The van der Waals surface area contributed by atoms with Gasteiger partial charge in [0, 0.05) is 16.9 Å². The third-order valence-corrected chi connectivity index (χ3v) is 2.85. The van der Waals surface area contributed by atoms with Crippen molar-refractivity contribution >= 4 is 52.3 Å². The fourth-order valence-electron chi connectivity index (χ4n) is 1.34. The van der Waals surface area contributed by atoms with Gasteiger partial charge in [0.1, 0.15) is 0 Å². The van der Waals surface area contributed by atoms with E-state index < -0.39 is 6.03 Å². The van der Waals surface area contributed by atoms with E-state index in [1.165, 1.54) is 12.3 Å². The Morgan fingerprint density at radius 3 is 2.53 bits per heavy atom. The van der Waals surface area contributed by atoms with Crippen molar-refractivity contribution in [1.29, 1.82) is 0 Å². The van der Waals surface area contributed by atoms with Crippen molar-refractivity contribution in [1.82, 2.24) is 4.98 Å². The number of urea groups is 1. The molecule has 0 saturated carbocycles. The SMILES string of the molecule is O=C(Nc1cccc(Cl)c1)Nc1ncc(Cl)cc1Cl. The first-order valence-electron chi connectivity index (χ1n) is 5.19. The molecule has 1 aromatic carbocycles. The number of hydrogen-bond donors (Lipinski definition) is 2. The van der Waals surface area contributed by atoms with Crippen LogP contribution in [-0.2, 0) is 0 Å². The van der Waals surface area contributed by atoms with Gasteiger partial charge in [0.05, 0.1) is 10.0 Å². The first-order chi connectivity index (χ1) is 9.04. The lowest BCUT2D eigenvalue weighted by Crippen LogP contribution is -2.20. The maximum Gasteiger partial charge on any atom is 0.324 e. The second-order valence-electron chi connectivity index (χ2n) is 3.57. The minimum Gasteiger partial charge on any atom is -0.308 e. The molecule has 98 valence electrons. The lowest BCUT2D eigenvalue weighted by molar-refractivity contribution is 0.262. The highest BCUT2D eigenvalue weighted by Gasteiger charge is 2.08. The Morgan fingerprint density at radius 2 is 1.84 bits per heavy atom. The van der Waals surface area contributed by atoms with Gasteiger partial charge < -0.3 is 5.32 Å². The van der Waals surface area contributed by atoms with Gasteiger partial charge in [-0.2, -0.15) is 0 Å². The number of rotatable bonds is 2. The zero-order valence-corrected chi connectivity index (χ0v) is 11.7. The molecule has 2 rings (SSSR count). The van der Waals surface area contributed by atoms with E-state index >= 15 is 0 Å². The molecule has 0 saturated heterocycles. The molecule has 0 aliphatic rings. The Hall–Kier alpha value is -1.49. The van der Waals surface area contributed by atoms with Crippen LogP contribution in [0.25, 0.3) is 0 Å². The summed E-state index contributed by atoms with van der Waals surface area (Å²) in [5.74, 6) is 0.227. The first-order valence-corrected chi connectivity index (χ1v) is 6.32. The van der Waals surface area contributed by atoms with Gasteiger partial charge in [-0.3, -0.25) is 5.32 Å². The molecule has 2 N–H and O–H groups in total. The van der Waals surface area contributed by atoms with Crippen molar-refractivity contribution < 1.29 is 4.79 Å². The van der Waals surface area contributed by atoms with E-state index in [0.29, 0.717) is 15.7 Å². The molecule has 0 radical (unpaired) electrons. The molecule has 0 aliphatic carbocycles. The van der Waals surface area contributed by atoms with Gasteiger partial charge in [0.25, 0.3) is 0 Å². The molecule has 7 heteroatoms. The molecule has 0 atom stereocenters. The lowest BCUT2D eigenvalue weighted by atomic mass is 10.3. The number of carbonyl (C=O) groups excluding carboxylic acids is 1. The third-order valence-electron chi connectivity index (χ3n) is 2.12. The summed E-state index contributed by atoms with van der Waals surface area (Å²) in [6, 6.07) is 7.79. The molecule has 0 spiro atoms. The topological polar surface area (TPSA) is 54.0 Å². The highest BCUT2D eigenvalue weighted by atomic mass is 35.5. The highest BCUT2D eigenvalue weighted by molar-refractivity contribution is 6.36. The van der Waals surface area contributed by atoms with E-state index in [1.807, 2.05) is 0 Å². The number of hydrogen-bond acceptors (Lipinski definition) is 2. The van der Waals surface area contributed by atoms with Crippen LogP contribution >= 0.6 is 34.8 Å². The molecular formula is C12H8Cl3N3O. The molecular weight excluding hydrogens is 309 g/mol. The van der Waals surface area contributed by atoms with Gasteiger partial charge in [0.2, 0.25) is 0 Å². The van der Waals surface area contributed by atoms with Crippen LogP contribution in [0.15, 0.2) is 36.5 Å². The predicted octanol–water partition coefficient (Wildman–Crippen LogP) is 4.69. The zero-order chi connectivity index (χ0) is 13.8. The summed E-state index contributed by atoms with van der Waals surface area (Å²) in [7, 11) is 0. The molecule has 1 aromatic heterocycles. The van der Waals surface area contributed by atoms with E-state index in [1.54, 1.807) is 24.3 Å². The predicted molar refractivity (Wildman–Crippen MR) is 78.4 cm³/mol. The summed E-state index contributed by atoms with van der Waals surface area (Å²) in [4.78, 5) is 15.6. The Labute approximate surface area is 124 Å². The standard InChI is InChI=1S/C12H8Cl3N3O/c13-7-2-1-3-9(4-7)17-12(19)18-11-10(15)5-8(14)6-16-11/h1-6H,(H2,16,17,18,19). The molecule has 1 heterocycles. The van der Waals surface area contributed by atoms with Crippen molar-refractivity contribution in [2.24, 2.45) is 0 Å². The van der Waals surface area contributed by atoms with Crippen molar-refractivity contribution in [3.63, 3.8) is 0 Å². The zero-order valence-electron chi connectivity index (χ0n) is 9.45. The lowest BCUT2D eigenvalue weighted by Gasteiger charge is -2.08. The first kappa shape index (κ1) is 13.9. The highest BCUT2D eigenvalue weighted by Crippen LogP contribution is 2.22. The number of amides is 2. The van der Waals surface area contributed by atoms with E-state index in [2.05, 4.69) is 15.6 Å². The van der Waals surface area contributed by atoms with Crippen molar-refractivity contribution in [3.05, 3.63) is 51.6 Å². The Morgan fingerprint density at radius 1 is 1.05 bits per heavy atom. The maximum absolute atomic E-state index is 11.7. The van der Waals surface area contributed by atoms with Crippen LogP contribution in [0.2, 0.25) is 15.1 Å². The smallest absolute Gasteiger partial charge is 0.308 e. The Balaban J connectivity index is 2.05. The number of pyridine rings is 1. The number of halogens is 3. The van der Waals surface area contributed by atoms with Gasteiger partial charge in [0.15, 0.2) is 5.82 Å². The van der Waals surface area contributed by atoms with Gasteiger partial charge >= 0.3 is 6.03 Å². The van der Waals surface area contributed by atoms with E-state index in [4.69, 9.17) is 34.8 Å². The van der Waals surface area contributed by atoms with E-state index in [0.717, 1.165) is 0 Å². The maximum atomic E-state index is 11.7. The van der Waals surface area contributed by atoms with Crippen LogP contribution in [-0.4, -0.2) is 11.0 Å². The largest absolute Gasteiger partial charge is 0.324 e. The minimum absolute atomic E-state index is 0.227. The molecule has 2 aromatic rings. The number of anilines is 2. The monoisotopic (exact) mass is 315 g/mol. The Kier molecular flexibility index (Phi) is 4.47. The van der Waals surface area contributed by atoms with Crippen molar-refractivity contribution in [3.8, 4) is 0 Å². The number of nitrogens with one attached hydrogen (secondary N) is 2. The molecule has 4 nitrogen and oxygen atoms in total. The summed E-state index contributed by atoms with van der Waals surface area (Å²) >= 11 is 17.4. The summed E-state index contributed by atoms with van der Waals surface area (Å²) in [6.07, 6.45) is 1.39. The van der Waals surface area contributed by atoms with Gasteiger partial charge in [-0.1, -0.05) is 40.9 Å². The quantitative estimate of drug-likeness (QED) is 0.844. The second kappa shape index (κ2) is 6.10. The number of carbonyl (C=O) groups is 1. The molecule has 19 heavy (non-hydrogen) atoms. The van der Waals surface area contributed by atoms with Gasteiger partial charge in [-0.15, -0.1) is 0 Å². The van der Waals surface area contributed by atoms with Crippen molar-refractivity contribution in [2.45, 2.75) is 0 Å². The molecule has 0 bridgehead atoms. The summed E-state index contributed by atoms with van der Waals surface area (Å²) < 4.78 is 0.